The molecule has 0 aromatic carbocycles. The van der Waals surface area contributed by atoms with E-state index in [1.54, 1.807) is 0 Å². The summed E-state index contributed by atoms with van der Waals surface area (Å²) in [6, 6.07) is 0. The van der Waals surface area contributed by atoms with E-state index in [9.17, 15) is 4.79 Å². The molecule has 18 heavy (non-hydrogen) atoms. The summed E-state index contributed by atoms with van der Waals surface area (Å²) < 4.78 is 11.0. The minimum atomic E-state index is -0.524. The first kappa shape index (κ1) is 15.4. The SMILES string of the molecule is CCCNC1(C(=O)OCC)CCOC(CCC)C1. The van der Waals surface area contributed by atoms with Crippen molar-refractivity contribution in [1.29, 1.82) is 0 Å². The Kier molecular flexibility index (Phi) is 6.65. The van der Waals surface area contributed by atoms with Gasteiger partial charge in [0.1, 0.15) is 5.54 Å². The van der Waals surface area contributed by atoms with E-state index in [-0.39, 0.29) is 12.1 Å². The number of ether oxygens (including phenoxy) is 2. The quantitative estimate of drug-likeness (QED) is 0.711. The van der Waals surface area contributed by atoms with Crippen LogP contribution in [0.15, 0.2) is 0 Å². The van der Waals surface area contributed by atoms with E-state index in [4.69, 9.17) is 9.47 Å². The summed E-state index contributed by atoms with van der Waals surface area (Å²) >= 11 is 0. The molecule has 0 saturated carbocycles. The van der Waals surface area contributed by atoms with Crippen molar-refractivity contribution in [2.45, 2.75) is 64.5 Å². The summed E-state index contributed by atoms with van der Waals surface area (Å²) in [4.78, 5) is 12.2. The number of carbonyl (C=O) groups is 1. The maximum atomic E-state index is 12.2. The first-order valence-electron chi connectivity index (χ1n) is 7.22. The number of rotatable bonds is 7. The third kappa shape index (κ3) is 3.95. The Morgan fingerprint density at radius 2 is 2.17 bits per heavy atom. The van der Waals surface area contributed by atoms with E-state index in [2.05, 4.69) is 19.2 Å². The van der Waals surface area contributed by atoms with Crippen molar-refractivity contribution in [3.63, 3.8) is 0 Å². The van der Waals surface area contributed by atoms with Crippen LogP contribution < -0.4 is 5.32 Å². The molecule has 2 atom stereocenters. The molecular formula is C14H27NO3. The molecule has 1 heterocycles. The summed E-state index contributed by atoms with van der Waals surface area (Å²) in [6.45, 7) is 8.03. The van der Waals surface area contributed by atoms with Crippen molar-refractivity contribution in [3.05, 3.63) is 0 Å². The van der Waals surface area contributed by atoms with Crippen molar-refractivity contribution in [1.82, 2.24) is 5.32 Å². The van der Waals surface area contributed by atoms with Gasteiger partial charge in [-0.05, 0) is 32.7 Å². The van der Waals surface area contributed by atoms with Crippen LogP contribution in [-0.2, 0) is 14.3 Å². The monoisotopic (exact) mass is 257 g/mol. The molecule has 1 N–H and O–H groups in total. The average Bonchev–Trinajstić information content (AvgIpc) is 2.37. The maximum absolute atomic E-state index is 12.2. The second-order valence-electron chi connectivity index (χ2n) is 4.96. The summed E-state index contributed by atoms with van der Waals surface area (Å²) in [7, 11) is 0. The summed E-state index contributed by atoms with van der Waals surface area (Å²) in [5, 5.41) is 3.40. The first-order valence-corrected chi connectivity index (χ1v) is 7.22. The molecule has 4 heteroatoms. The van der Waals surface area contributed by atoms with Gasteiger partial charge in [-0.25, -0.2) is 0 Å². The molecule has 1 aliphatic rings. The summed E-state index contributed by atoms with van der Waals surface area (Å²) in [6.07, 6.45) is 4.73. The topological polar surface area (TPSA) is 47.6 Å². The molecule has 4 nitrogen and oxygen atoms in total. The van der Waals surface area contributed by atoms with Gasteiger partial charge in [-0.1, -0.05) is 20.3 Å². The molecule has 0 aliphatic carbocycles. The van der Waals surface area contributed by atoms with Gasteiger partial charge in [0.2, 0.25) is 0 Å². The molecule has 0 aromatic heterocycles. The molecule has 0 radical (unpaired) electrons. The molecule has 1 fully saturated rings. The fourth-order valence-electron chi connectivity index (χ4n) is 2.51. The van der Waals surface area contributed by atoms with Crippen molar-refractivity contribution < 1.29 is 14.3 Å². The van der Waals surface area contributed by atoms with Crippen LogP contribution in [0.3, 0.4) is 0 Å². The Balaban J connectivity index is 2.72. The predicted molar refractivity (Wildman–Crippen MR) is 71.5 cm³/mol. The van der Waals surface area contributed by atoms with Gasteiger partial charge < -0.3 is 14.8 Å². The summed E-state index contributed by atoms with van der Waals surface area (Å²) in [5.41, 5.74) is -0.524. The Morgan fingerprint density at radius 1 is 1.39 bits per heavy atom. The Hall–Kier alpha value is -0.610. The first-order chi connectivity index (χ1) is 8.68. The number of esters is 1. The highest BCUT2D eigenvalue weighted by atomic mass is 16.5. The van der Waals surface area contributed by atoms with Gasteiger partial charge >= 0.3 is 5.97 Å². The van der Waals surface area contributed by atoms with Gasteiger partial charge in [0, 0.05) is 13.0 Å². The maximum Gasteiger partial charge on any atom is 0.326 e. The van der Waals surface area contributed by atoms with Crippen molar-refractivity contribution in [2.24, 2.45) is 0 Å². The Labute approximate surface area is 110 Å². The van der Waals surface area contributed by atoms with Gasteiger partial charge in [0.15, 0.2) is 0 Å². The van der Waals surface area contributed by atoms with Gasteiger partial charge in [0.25, 0.3) is 0 Å². The van der Waals surface area contributed by atoms with Crippen LogP contribution in [0, 0.1) is 0 Å². The normalized spacial score (nSPS) is 28.1. The third-order valence-electron chi connectivity index (χ3n) is 3.45. The van der Waals surface area contributed by atoms with Crippen LogP contribution in [0.5, 0.6) is 0 Å². The number of carbonyl (C=O) groups excluding carboxylic acids is 1. The summed E-state index contributed by atoms with van der Waals surface area (Å²) in [5.74, 6) is -0.108. The molecule has 106 valence electrons. The van der Waals surface area contributed by atoms with Crippen molar-refractivity contribution >= 4 is 5.97 Å². The van der Waals surface area contributed by atoms with Crippen LogP contribution in [0.1, 0.15) is 52.9 Å². The zero-order chi connectivity index (χ0) is 13.4. The van der Waals surface area contributed by atoms with Crippen LogP contribution in [-0.4, -0.2) is 37.4 Å². The highest BCUT2D eigenvalue weighted by Gasteiger charge is 2.43. The zero-order valence-electron chi connectivity index (χ0n) is 12.0. The van der Waals surface area contributed by atoms with Crippen LogP contribution >= 0.6 is 0 Å². The third-order valence-corrected chi connectivity index (χ3v) is 3.45. The average molecular weight is 257 g/mol. The minimum Gasteiger partial charge on any atom is -0.465 e. The molecule has 1 aliphatic heterocycles. The van der Waals surface area contributed by atoms with Crippen molar-refractivity contribution in [2.75, 3.05) is 19.8 Å². The van der Waals surface area contributed by atoms with Crippen LogP contribution in [0.25, 0.3) is 0 Å². The van der Waals surface area contributed by atoms with E-state index in [0.717, 1.165) is 32.2 Å². The number of nitrogens with one attached hydrogen (secondary N) is 1. The van der Waals surface area contributed by atoms with Crippen molar-refractivity contribution in [3.8, 4) is 0 Å². The molecule has 1 rings (SSSR count). The molecule has 0 bridgehead atoms. The second-order valence-corrected chi connectivity index (χ2v) is 4.96. The van der Waals surface area contributed by atoms with Gasteiger partial charge in [0.05, 0.1) is 12.7 Å². The minimum absolute atomic E-state index is 0.108. The number of hydrogen-bond acceptors (Lipinski definition) is 4. The second kappa shape index (κ2) is 7.74. The molecule has 0 aromatic rings. The predicted octanol–water partition coefficient (Wildman–Crippen LogP) is 2.27. The van der Waals surface area contributed by atoms with Gasteiger partial charge in [-0.15, -0.1) is 0 Å². The van der Waals surface area contributed by atoms with E-state index in [1.165, 1.54) is 0 Å². The fourth-order valence-corrected chi connectivity index (χ4v) is 2.51. The van der Waals surface area contributed by atoms with E-state index in [1.807, 2.05) is 6.92 Å². The lowest BCUT2D eigenvalue weighted by atomic mass is 9.85. The van der Waals surface area contributed by atoms with Gasteiger partial charge in [-0.2, -0.15) is 0 Å². The molecule has 1 saturated heterocycles. The van der Waals surface area contributed by atoms with E-state index in [0.29, 0.717) is 19.6 Å². The molecule has 0 amide bonds. The Morgan fingerprint density at radius 3 is 2.78 bits per heavy atom. The number of hydrogen-bond donors (Lipinski definition) is 1. The highest BCUT2D eigenvalue weighted by molar-refractivity contribution is 5.81. The lowest BCUT2D eigenvalue weighted by molar-refractivity contribution is -0.158. The zero-order valence-corrected chi connectivity index (χ0v) is 12.0. The fraction of sp³-hybridized carbons (Fsp3) is 0.929. The highest BCUT2D eigenvalue weighted by Crippen LogP contribution is 2.28. The largest absolute Gasteiger partial charge is 0.465 e. The smallest absolute Gasteiger partial charge is 0.326 e. The van der Waals surface area contributed by atoms with Crippen LogP contribution in [0.4, 0.5) is 0 Å². The molecule has 2 unspecified atom stereocenters. The molecule has 0 spiro atoms. The standard InChI is InChI=1S/C14H27NO3/c1-4-7-12-11-14(8-10-18-12,15-9-5-2)13(16)17-6-3/h12,15H,4-11H2,1-3H3. The van der Waals surface area contributed by atoms with Crippen LogP contribution in [0.2, 0.25) is 0 Å². The van der Waals surface area contributed by atoms with Gasteiger partial charge in [-0.3, -0.25) is 4.79 Å². The van der Waals surface area contributed by atoms with E-state index < -0.39 is 5.54 Å². The van der Waals surface area contributed by atoms with E-state index >= 15 is 0 Å². The molecular weight excluding hydrogens is 230 g/mol. The Bertz CT molecular complexity index is 255. The lowest BCUT2D eigenvalue weighted by Gasteiger charge is -2.39. The lowest BCUT2D eigenvalue weighted by Crippen LogP contribution is -2.58.